The maximum atomic E-state index is 15.7. The van der Waals surface area contributed by atoms with Gasteiger partial charge in [-0.1, -0.05) is 6.07 Å². The average Bonchev–Trinajstić information content (AvgIpc) is 3.56. The second-order valence-electron chi connectivity index (χ2n) is 12.1. The molecule has 1 atom stereocenters. The predicted molar refractivity (Wildman–Crippen MR) is 129 cm³/mol. The zero-order valence-corrected chi connectivity index (χ0v) is 20.3. The van der Waals surface area contributed by atoms with Gasteiger partial charge in [-0.15, -0.1) is 10.2 Å². The lowest BCUT2D eigenvalue weighted by atomic mass is 9.44. The summed E-state index contributed by atoms with van der Waals surface area (Å²) in [5.41, 5.74) is 2.50. The lowest BCUT2D eigenvalue weighted by Crippen LogP contribution is -2.63. The van der Waals surface area contributed by atoms with Gasteiger partial charge in [0.15, 0.2) is 0 Å². The summed E-state index contributed by atoms with van der Waals surface area (Å²) in [6, 6.07) is 7.45. The van der Waals surface area contributed by atoms with Crippen LogP contribution in [0.1, 0.15) is 76.0 Å². The number of hydroxylamine groups is 1. The molecule has 9 heteroatoms. The number of hydrogen-bond acceptors (Lipinski definition) is 6. The number of carbonyl (C=O) groups excluding carboxylic acids is 1. The molecule has 0 radical (unpaired) electrons. The first-order valence-electron chi connectivity index (χ1n) is 13.3. The molecular weight excluding hydrogens is 461 g/mol. The number of aliphatic imine (C=N–C) groups is 1. The summed E-state index contributed by atoms with van der Waals surface area (Å²) < 4.78 is 21.5. The van der Waals surface area contributed by atoms with Gasteiger partial charge < -0.3 is 9.73 Å². The number of nitrogens with one attached hydrogen (secondary N) is 2. The second-order valence-corrected chi connectivity index (χ2v) is 12.1. The van der Waals surface area contributed by atoms with Gasteiger partial charge in [-0.25, -0.2) is 9.38 Å². The van der Waals surface area contributed by atoms with Gasteiger partial charge in [0.25, 0.3) is 0 Å². The fraction of sp³-hybridized carbons (Fsp3) is 0.630. The third-order valence-electron chi connectivity index (χ3n) is 9.87. The molecule has 7 aliphatic carbocycles. The summed E-state index contributed by atoms with van der Waals surface area (Å²) in [4.78, 5) is 17.4. The zero-order valence-electron chi connectivity index (χ0n) is 20.3. The van der Waals surface area contributed by atoms with Crippen molar-refractivity contribution in [3.05, 3.63) is 30.2 Å². The Bertz CT molecular complexity index is 1210. The number of carbonyl (C=O) groups is 1. The van der Waals surface area contributed by atoms with Crippen molar-refractivity contribution < 1.29 is 18.8 Å². The first-order chi connectivity index (χ1) is 17.4. The molecule has 190 valence electrons. The topological polar surface area (TPSA) is 113 Å². The number of rotatable bonds is 7. The molecule has 1 aromatic heterocycles. The molecule has 0 saturated heterocycles. The third-order valence-corrected chi connectivity index (χ3v) is 9.87. The van der Waals surface area contributed by atoms with Gasteiger partial charge in [-0.2, -0.15) is 0 Å². The minimum absolute atomic E-state index is 0.124. The molecule has 0 spiro atoms. The van der Waals surface area contributed by atoms with E-state index in [1.807, 2.05) is 24.3 Å². The molecule has 7 saturated carbocycles. The molecule has 1 unspecified atom stereocenters. The molecule has 36 heavy (non-hydrogen) atoms. The summed E-state index contributed by atoms with van der Waals surface area (Å²) in [6.07, 6.45) is 7.19. The van der Waals surface area contributed by atoms with Crippen LogP contribution in [-0.4, -0.2) is 39.9 Å². The van der Waals surface area contributed by atoms with Gasteiger partial charge in [0.2, 0.25) is 17.7 Å². The van der Waals surface area contributed by atoms with Crippen LogP contribution in [0.2, 0.25) is 0 Å². The minimum Gasteiger partial charge on any atom is -0.420 e. The van der Waals surface area contributed by atoms with Crippen LogP contribution in [0.5, 0.6) is 0 Å². The van der Waals surface area contributed by atoms with Crippen molar-refractivity contribution in [1.29, 1.82) is 0 Å². The molecule has 9 rings (SSSR count). The van der Waals surface area contributed by atoms with Gasteiger partial charge in [0.1, 0.15) is 12.0 Å². The maximum Gasteiger partial charge on any atom is 0.247 e. The zero-order chi connectivity index (χ0) is 24.5. The Morgan fingerprint density at radius 3 is 2.53 bits per heavy atom. The van der Waals surface area contributed by atoms with Crippen LogP contribution in [0.3, 0.4) is 0 Å². The first-order valence-corrected chi connectivity index (χ1v) is 13.3. The molecule has 7 fully saturated rings. The summed E-state index contributed by atoms with van der Waals surface area (Å²) in [6.45, 7) is 0.406. The third kappa shape index (κ3) is 3.42. The highest BCUT2D eigenvalue weighted by atomic mass is 19.1. The highest BCUT2D eigenvalue weighted by molar-refractivity contribution is 5.90. The van der Waals surface area contributed by atoms with E-state index in [1.165, 1.54) is 0 Å². The SMILES string of the molecule is O=C(NCC12CCC(C(=Nc3cccc(-c4nnc(C5CC5)o4)c3)NO)(CC1)CC2F)C12CC(C1)C2. The van der Waals surface area contributed by atoms with Crippen molar-refractivity contribution in [1.82, 2.24) is 21.0 Å². The monoisotopic (exact) mass is 493 g/mol. The van der Waals surface area contributed by atoms with E-state index in [1.54, 1.807) is 0 Å². The normalized spacial score (nSPS) is 36.7. The van der Waals surface area contributed by atoms with Crippen LogP contribution < -0.4 is 10.8 Å². The van der Waals surface area contributed by atoms with Crippen molar-refractivity contribution in [2.75, 3.05) is 6.54 Å². The predicted octanol–water partition coefficient (Wildman–Crippen LogP) is 4.83. The van der Waals surface area contributed by atoms with Gasteiger partial charge >= 0.3 is 0 Å². The number of amidine groups is 1. The van der Waals surface area contributed by atoms with Crippen LogP contribution in [0.4, 0.5) is 10.1 Å². The van der Waals surface area contributed by atoms with Crippen molar-refractivity contribution >= 4 is 17.4 Å². The lowest BCUT2D eigenvalue weighted by molar-refractivity contribution is -0.166. The smallest absolute Gasteiger partial charge is 0.247 e. The molecule has 1 heterocycles. The largest absolute Gasteiger partial charge is 0.420 e. The van der Waals surface area contributed by atoms with E-state index in [2.05, 4.69) is 21.0 Å². The van der Waals surface area contributed by atoms with Crippen molar-refractivity contribution in [3.63, 3.8) is 0 Å². The Hall–Kier alpha value is -2.81. The van der Waals surface area contributed by atoms with Crippen LogP contribution >= 0.6 is 0 Å². The number of halogens is 1. The van der Waals surface area contributed by atoms with E-state index in [9.17, 15) is 10.0 Å². The van der Waals surface area contributed by atoms with E-state index < -0.39 is 17.0 Å². The number of aromatic nitrogens is 2. The number of amides is 1. The fourth-order valence-electron chi connectivity index (χ4n) is 7.07. The Kier molecular flexibility index (Phi) is 4.88. The number of hydrogen-bond donors (Lipinski definition) is 3. The molecule has 7 aliphatic rings. The first kappa shape index (κ1) is 22.4. The number of nitrogens with zero attached hydrogens (tertiary/aromatic N) is 3. The summed E-state index contributed by atoms with van der Waals surface area (Å²) in [7, 11) is 0. The fourth-order valence-corrected chi connectivity index (χ4v) is 7.07. The number of fused-ring (bicyclic) bond motifs is 3. The van der Waals surface area contributed by atoms with E-state index in [-0.39, 0.29) is 17.7 Å². The number of benzene rings is 1. The van der Waals surface area contributed by atoms with Crippen LogP contribution in [-0.2, 0) is 4.79 Å². The molecule has 8 nitrogen and oxygen atoms in total. The molecule has 2 aromatic rings. The van der Waals surface area contributed by atoms with Crippen molar-refractivity contribution in [2.24, 2.45) is 27.2 Å². The Morgan fingerprint density at radius 1 is 1.11 bits per heavy atom. The van der Waals surface area contributed by atoms with Crippen LogP contribution in [0, 0.1) is 22.2 Å². The van der Waals surface area contributed by atoms with Crippen molar-refractivity contribution in [2.45, 2.75) is 76.3 Å². The Labute approximate surface area is 209 Å². The summed E-state index contributed by atoms with van der Waals surface area (Å²) in [5, 5.41) is 21.5. The maximum absolute atomic E-state index is 15.7. The standard InChI is InChI=1S/C27H32FN5O3/c28-20-14-25(6-8-26(20,9-7-25)15-29-24(34)27-11-16(12-27)13-27)23(33-35)30-19-3-1-2-18(10-19)22-32-31-21(36-22)17-4-5-17/h1-3,10,16-17,20,35H,4-9,11-15H2,(H,29,34)(H,30,33). The minimum atomic E-state index is -1.06. The summed E-state index contributed by atoms with van der Waals surface area (Å²) in [5.74, 6) is 2.78. The van der Waals surface area contributed by atoms with Gasteiger partial charge in [-0.05, 0) is 88.3 Å². The van der Waals surface area contributed by atoms with E-state index >= 15 is 4.39 Å². The van der Waals surface area contributed by atoms with Crippen molar-refractivity contribution in [3.8, 4) is 11.5 Å². The molecule has 3 N–H and O–H groups in total. The quantitative estimate of drug-likeness (QED) is 0.289. The molecular formula is C27H32FN5O3. The van der Waals surface area contributed by atoms with Gasteiger partial charge in [-0.3, -0.25) is 15.5 Å². The highest BCUT2D eigenvalue weighted by Gasteiger charge is 2.62. The van der Waals surface area contributed by atoms with E-state index in [0.717, 1.165) is 56.4 Å². The van der Waals surface area contributed by atoms with Crippen LogP contribution in [0.15, 0.2) is 33.7 Å². The van der Waals surface area contributed by atoms with Gasteiger partial charge in [0.05, 0.1) is 5.69 Å². The lowest BCUT2D eigenvalue weighted by Gasteiger charge is -2.60. The Morgan fingerprint density at radius 2 is 1.89 bits per heavy atom. The average molecular weight is 494 g/mol. The summed E-state index contributed by atoms with van der Waals surface area (Å²) >= 11 is 0. The Balaban J connectivity index is 1.07. The molecule has 4 bridgehead atoms. The molecule has 0 aliphatic heterocycles. The molecule has 1 aromatic carbocycles. The van der Waals surface area contributed by atoms with Crippen LogP contribution in [0.25, 0.3) is 11.5 Å². The van der Waals surface area contributed by atoms with Gasteiger partial charge in [0, 0.05) is 34.3 Å². The van der Waals surface area contributed by atoms with E-state index in [4.69, 9.17) is 9.41 Å². The molecule has 1 amide bonds. The number of alkyl halides is 1. The second kappa shape index (κ2) is 7.84. The van der Waals surface area contributed by atoms with E-state index in [0.29, 0.717) is 48.6 Å². The highest BCUT2D eigenvalue weighted by Crippen LogP contribution is 2.64.